The summed E-state index contributed by atoms with van der Waals surface area (Å²) >= 11 is 11.9. The Labute approximate surface area is 184 Å². The van der Waals surface area contributed by atoms with E-state index < -0.39 is 5.91 Å². The largest absolute Gasteiger partial charge is 0.484 e. The molecule has 1 heterocycles. The van der Waals surface area contributed by atoms with Gasteiger partial charge in [-0.1, -0.05) is 29.3 Å². The predicted octanol–water partition coefficient (Wildman–Crippen LogP) is 5.15. The fourth-order valence-corrected chi connectivity index (χ4v) is 3.05. The lowest BCUT2D eigenvalue weighted by Gasteiger charge is -2.08. The van der Waals surface area contributed by atoms with Gasteiger partial charge in [0.2, 0.25) is 5.91 Å². The Bertz CT molecular complexity index is 1080. The molecule has 0 atom stereocenters. The third-order valence-corrected chi connectivity index (χ3v) is 4.88. The summed E-state index contributed by atoms with van der Waals surface area (Å²) in [6.45, 7) is 3.86. The van der Waals surface area contributed by atoms with Crippen LogP contribution >= 0.6 is 23.2 Å². The summed E-state index contributed by atoms with van der Waals surface area (Å²) in [4.78, 5) is 24.3. The van der Waals surface area contributed by atoms with Crippen LogP contribution < -0.4 is 15.4 Å². The summed E-state index contributed by atoms with van der Waals surface area (Å²) in [6, 6.07) is 13.6. The van der Waals surface area contributed by atoms with Gasteiger partial charge in [0.05, 0.1) is 11.6 Å². The molecule has 2 aromatic carbocycles. The van der Waals surface area contributed by atoms with E-state index in [4.69, 9.17) is 32.4 Å². The molecule has 0 aliphatic carbocycles. The molecule has 0 aliphatic heterocycles. The third-order valence-electron chi connectivity index (χ3n) is 4.35. The van der Waals surface area contributed by atoms with Crippen molar-refractivity contribution in [2.24, 2.45) is 0 Å². The van der Waals surface area contributed by atoms with Crippen LogP contribution in [0.5, 0.6) is 5.75 Å². The first-order valence-corrected chi connectivity index (χ1v) is 9.89. The normalized spacial score (nSPS) is 10.5. The lowest BCUT2D eigenvalue weighted by molar-refractivity contribution is -0.115. The minimum absolute atomic E-state index is 0.0785. The highest BCUT2D eigenvalue weighted by Crippen LogP contribution is 2.28. The average molecular weight is 447 g/mol. The molecule has 0 spiro atoms. The van der Waals surface area contributed by atoms with Gasteiger partial charge in [-0.05, 0) is 67.4 Å². The highest BCUT2D eigenvalue weighted by Gasteiger charge is 2.13. The summed E-state index contributed by atoms with van der Waals surface area (Å²) in [5, 5.41) is 6.15. The number of hydrogen-bond acceptors (Lipinski definition) is 4. The molecule has 0 aliphatic rings. The Morgan fingerprint density at radius 2 is 1.80 bits per heavy atom. The van der Waals surface area contributed by atoms with Gasteiger partial charge in [0.25, 0.3) is 5.91 Å². The van der Waals surface area contributed by atoms with Crippen LogP contribution in [0.25, 0.3) is 0 Å². The van der Waals surface area contributed by atoms with E-state index in [1.165, 1.54) is 6.07 Å². The molecule has 1 aromatic heterocycles. The van der Waals surface area contributed by atoms with Gasteiger partial charge in [-0.2, -0.15) is 0 Å². The molecule has 0 saturated carbocycles. The highest BCUT2D eigenvalue weighted by atomic mass is 35.5. The van der Waals surface area contributed by atoms with Crippen LogP contribution in [0.3, 0.4) is 0 Å². The number of halogens is 2. The number of benzene rings is 2. The number of anilines is 1. The number of hydrogen-bond donors (Lipinski definition) is 2. The topological polar surface area (TPSA) is 80.6 Å². The van der Waals surface area contributed by atoms with Crippen molar-refractivity contribution >= 4 is 40.7 Å². The Kier molecular flexibility index (Phi) is 7.03. The van der Waals surface area contributed by atoms with Gasteiger partial charge in [-0.25, -0.2) is 0 Å². The van der Waals surface area contributed by atoms with E-state index in [2.05, 4.69) is 10.6 Å². The summed E-state index contributed by atoms with van der Waals surface area (Å²) < 4.78 is 11.0. The second-order valence-corrected chi connectivity index (χ2v) is 7.50. The fraction of sp³-hybridized carbons (Fsp3) is 0.182. The van der Waals surface area contributed by atoms with E-state index in [-0.39, 0.29) is 24.8 Å². The Hall–Kier alpha value is -2.96. The van der Waals surface area contributed by atoms with E-state index in [0.29, 0.717) is 27.2 Å². The van der Waals surface area contributed by atoms with Crippen LogP contribution in [0.2, 0.25) is 10.0 Å². The maximum absolute atomic E-state index is 12.2. The van der Waals surface area contributed by atoms with Crippen LogP contribution in [0.1, 0.15) is 27.4 Å². The predicted molar refractivity (Wildman–Crippen MR) is 116 cm³/mol. The molecule has 156 valence electrons. The van der Waals surface area contributed by atoms with Gasteiger partial charge < -0.3 is 19.8 Å². The molecule has 3 aromatic rings. The van der Waals surface area contributed by atoms with Gasteiger partial charge in [0, 0.05) is 10.7 Å². The van der Waals surface area contributed by atoms with E-state index in [0.717, 1.165) is 11.1 Å². The zero-order valence-corrected chi connectivity index (χ0v) is 17.9. The molecule has 8 heteroatoms. The number of aryl methyl sites for hydroxylation is 2. The second kappa shape index (κ2) is 9.69. The van der Waals surface area contributed by atoms with Crippen molar-refractivity contribution in [3.63, 3.8) is 0 Å². The standard InChI is InChI=1S/C22H20Cl2N2O4/c1-13-3-5-16(9-14(13)2)26-21(27)11-25-22(28)20-8-6-17(30-20)12-29-19-7-4-15(23)10-18(19)24/h3-10H,11-12H2,1-2H3,(H,25,28)(H,26,27). The van der Waals surface area contributed by atoms with Gasteiger partial charge >= 0.3 is 0 Å². The Morgan fingerprint density at radius 3 is 2.53 bits per heavy atom. The monoisotopic (exact) mass is 446 g/mol. The number of carbonyl (C=O) groups is 2. The maximum Gasteiger partial charge on any atom is 0.287 e. The molecular formula is C22H20Cl2N2O4. The van der Waals surface area contributed by atoms with Crippen molar-refractivity contribution in [1.29, 1.82) is 0 Å². The molecule has 0 fully saturated rings. The van der Waals surface area contributed by atoms with Crippen molar-refractivity contribution < 1.29 is 18.7 Å². The summed E-state index contributed by atoms with van der Waals surface area (Å²) in [7, 11) is 0. The first kappa shape index (κ1) is 21.7. The average Bonchev–Trinajstić information content (AvgIpc) is 3.17. The maximum atomic E-state index is 12.2. The van der Waals surface area contributed by atoms with Gasteiger partial charge in [-0.15, -0.1) is 0 Å². The summed E-state index contributed by atoms with van der Waals surface area (Å²) in [5.74, 6) is 0.132. The number of carbonyl (C=O) groups excluding carboxylic acids is 2. The molecule has 0 radical (unpaired) electrons. The lowest BCUT2D eigenvalue weighted by atomic mass is 10.1. The number of furan rings is 1. The molecule has 3 rings (SSSR count). The molecular weight excluding hydrogens is 427 g/mol. The lowest BCUT2D eigenvalue weighted by Crippen LogP contribution is -2.32. The fourth-order valence-electron chi connectivity index (χ4n) is 2.59. The van der Waals surface area contributed by atoms with Gasteiger partial charge in [-0.3, -0.25) is 9.59 Å². The van der Waals surface area contributed by atoms with Crippen molar-refractivity contribution in [2.75, 3.05) is 11.9 Å². The molecule has 30 heavy (non-hydrogen) atoms. The number of ether oxygens (including phenoxy) is 1. The van der Waals surface area contributed by atoms with E-state index >= 15 is 0 Å². The van der Waals surface area contributed by atoms with Crippen LogP contribution in [-0.4, -0.2) is 18.4 Å². The van der Waals surface area contributed by atoms with Crippen LogP contribution in [0.15, 0.2) is 52.9 Å². The SMILES string of the molecule is Cc1ccc(NC(=O)CNC(=O)c2ccc(COc3ccc(Cl)cc3Cl)o2)cc1C. The molecule has 0 bridgehead atoms. The van der Waals surface area contributed by atoms with Crippen molar-refractivity contribution in [1.82, 2.24) is 5.32 Å². The molecule has 0 saturated heterocycles. The quantitative estimate of drug-likeness (QED) is 0.525. The minimum Gasteiger partial charge on any atom is -0.484 e. The van der Waals surface area contributed by atoms with E-state index in [9.17, 15) is 9.59 Å². The van der Waals surface area contributed by atoms with Crippen molar-refractivity contribution in [3.8, 4) is 5.75 Å². The van der Waals surface area contributed by atoms with Crippen molar-refractivity contribution in [2.45, 2.75) is 20.5 Å². The van der Waals surface area contributed by atoms with Crippen molar-refractivity contribution in [3.05, 3.63) is 81.2 Å². The smallest absolute Gasteiger partial charge is 0.287 e. The van der Waals surface area contributed by atoms with Gasteiger partial charge in [0.1, 0.15) is 18.1 Å². The van der Waals surface area contributed by atoms with Crippen LogP contribution in [0.4, 0.5) is 5.69 Å². The zero-order chi connectivity index (χ0) is 21.7. The Balaban J connectivity index is 1.49. The molecule has 6 nitrogen and oxygen atoms in total. The summed E-state index contributed by atoms with van der Waals surface area (Å²) in [5.41, 5.74) is 2.88. The zero-order valence-electron chi connectivity index (χ0n) is 16.4. The third kappa shape index (κ3) is 5.78. The second-order valence-electron chi connectivity index (χ2n) is 6.66. The first-order valence-electron chi connectivity index (χ1n) is 9.13. The number of amides is 2. The minimum atomic E-state index is -0.499. The number of rotatable bonds is 7. The Morgan fingerprint density at radius 1 is 1.00 bits per heavy atom. The van der Waals surface area contributed by atoms with Gasteiger partial charge in [0.15, 0.2) is 5.76 Å². The molecule has 2 amide bonds. The van der Waals surface area contributed by atoms with Crippen LogP contribution in [-0.2, 0) is 11.4 Å². The molecule has 0 unspecified atom stereocenters. The van der Waals surface area contributed by atoms with E-state index in [1.807, 2.05) is 32.0 Å². The first-order chi connectivity index (χ1) is 14.3. The highest BCUT2D eigenvalue weighted by molar-refractivity contribution is 6.35. The van der Waals surface area contributed by atoms with Crippen LogP contribution in [0, 0.1) is 13.8 Å². The summed E-state index contributed by atoms with van der Waals surface area (Å²) in [6.07, 6.45) is 0. The number of nitrogens with one attached hydrogen (secondary N) is 2. The van der Waals surface area contributed by atoms with E-state index in [1.54, 1.807) is 24.3 Å². The molecule has 2 N–H and O–H groups in total.